The molecule has 0 radical (unpaired) electrons. The van der Waals surface area contributed by atoms with Crippen molar-refractivity contribution < 1.29 is 0 Å². The zero-order valence-electron chi connectivity index (χ0n) is 17.7. The van der Waals surface area contributed by atoms with Gasteiger partial charge >= 0.3 is 0 Å². The van der Waals surface area contributed by atoms with E-state index in [1.807, 2.05) is 48.5 Å². The molecule has 0 aliphatic heterocycles. The highest BCUT2D eigenvalue weighted by molar-refractivity contribution is 7.99. The monoisotopic (exact) mass is 594 g/mol. The second-order valence-corrected chi connectivity index (χ2v) is 10.8. The number of hydrogen-bond donors (Lipinski definition) is 1. The maximum atomic E-state index is 6.31. The number of hydrogen-bond acceptors (Lipinski definition) is 4. The van der Waals surface area contributed by atoms with Crippen molar-refractivity contribution >= 4 is 106 Å². The average molecular weight is 597 g/mol. The molecular weight excluding hydrogens is 582 g/mol. The molecule has 0 saturated carbocycles. The third-order valence-electron chi connectivity index (χ3n) is 4.71. The maximum Gasteiger partial charge on any atom is 0.0769 e. The molecular formula is C26H15Cl5N2S2. The van der Waals surface area contributed by atoms with Gasteiger partial charge < -0.3 is 0 Å². The molecule has 4 aromatic rings. The van der Waals surface area contributed by atoms with Gasteiger partial charge in [-0.25, -0.2) is 0 Å². The fourth-order valence-electron chi connectivity index (χ4n) is 3.05. The van der Waals surface area contributed by atoms with E-state index in [1.54, 1.807) is 48.5 Å². The Hall–Kier alpha value is -1.63. The van der Waals surface area contributed by atoms with Crippen LogP contribution in [0.3, 0.4) is 0 Å². The molecule has 0 bridgehead atoms. The minimum atomic E-state index is 0.375. The van der Waals surface area contributed by atoms with E-state index < -0.39 is 0 Å². The van der Waals surface area contributed by atoms with Crippen LogP contribution in [0.25, 0.3) is 0 Å². The van der Waals surface area contributed by atoms with E-state index in [-0.39, 0.29) is 0 Å². The van der Waals surface area contributed by atoms with E-state index in [0.29, 0.717) is 35.6 Å². The van der Waals surface area contributed by atoms with Gasteiger partial charge in [0.2, 0.25) is 0 Å². The van der Waals surface area contributed by atoms with E-state index in [4.69, 9.17) is 58.0 Å². The number of rotatable bonds is 6. The summed E-state index contributed by atoms with van der Waals surface area (Å²) in [6.45, 7) is 0. The van der Waals surface area contributed by atoms with Gasteiger partial charge in [-0.05, 0) is 48.5 Å². The fraction of sp³-hybridized carbons (Fsp3) is 0. The molecule has 0 saturated heterocycles. The summed E-state index contributed by atoms with van der Waals surface area (Å²) in [5.74, 6) is 0. The van der Waals surface area contributed by atoms with Crippen LogP contribution < -0.4 is 0 Å². The standard InChI is InChI=1S/C26H15Cl5N2S2/c27-17-9-15(25(31)19(29)11-17)13-32-21-5-1-3-7-23(21)35-24-8-4-2-6-22(24)33-14-16-10-18(28)12-20(30)26(16)34/h1-14,34H. The average Bonchev–Trinajstić information content (AvgIpc) is 2.83. The second kappa shape index (κ2) is 12.1. The lowest BCUT2D eigenvalue weighted by atomic mass is 10.2. The largest absolute Gasteiger partial charge is 0.255 e. The van der Waals surface area contributed by atoms with Gasteiger partial charge in [-0.15, -0.1) is 12.6 Å². The lowest BCUT2D eigenvalue weighted by Crippen LogP contribution is -1.86. The third kappa shape index (κ3) is 6.78. The van der Waals surface area contributed by atoms with Gasteiger partial charge in [0, 0.05) is 48.3 Å². The van der Waals surface area contributed by atoms with Crippen LogP contribution in [0.2, 0.25) is 25.1 Å². The first-order chi connectivity index (χ1) is 16.8. The minimum Gasteiger partial charge on any atom is -0.255 e. The van der Waals surface area contributed by atoms with Gasteiger partial charge in [-0.3, -0.25) is 9.98 Å². The Morgan fingerprint density at radius 2 is 1.11 bits per heavy atom. The number of para-hydroxylation sites is 2. The summed E-state index contributed by atoms with van der Waals surface area (Å²) in [6.07, 6.45) is 3.36. The van der Waals surface area contributed by atoms with Crippen molar-refractivity contribution in [3.05, 3.63) is 109 Å². The summed E-state index contributed by atoms with van der Waals surface area (Å²) >= 11 is 36.9. The molecule has 0 atom stereocenters. The quantitative estimate of drug-likeness (QED) is 0.134. The molecule has 0 aliphatic rings. The molecule has 4 aromatic carbocycles. The molecule has 0 heterocycles. The summed E-state index contributed by atoms with van der Waals surface area (Å²) in [6, 6.07) is 22.3. The van der Waals surface area contributed by atoms with Crippen LogP contribution >= 0.6 is 82.4 Å². The summed E-state index contributed by atoms with van der Waals surface area (Å²) < 4.78 is 0. The van der Waals surface area contributed by atoms with Crippen molar-refractivity contribution in [2.45, 2.75) is 14.7 Å². The first-order valence-electron chi connectivity index (χ1n) is 10.1. The van der Waals surface area contributed by atoms with Gasteiger partial charge in [0.1, 0.15) is 0 Å². The number of halogens is 5. The van der Waals surface area contributed by atoms with Crippen LogP contribution in [0, 0.1) is 0 Å². The predicted molar refractivity (Wildman–Crippen MR) is 157 cm³/mol. The molecule has 0 spiro atoms. The summed E-state index contributed by atoms with van der Waals surface area (Å²) in [5.41, 5.74) is 2.91. The lowest BCUT2D eigenvalue weighted by Gasteiger charge is -2.09. The SMILES string of the molecule is Sc1c(Cl)cc(Cl)cc1C=Nc1ccccc1Sc1ccccc1N=Cc1cc(Cl)cc(Cl)c1Cl. The molecule has 4 rings (SSSR count). The molecule has 2 nitrogen and oxygen atoms in total. The van der Waals surface area contributed by atoms with Crippen molar-refractivity contribution in [3.8, 4) is 0 Å². The van der Waals surface area contributed by atoms with Crippen LogP contribution in [0.5, 0.6) is 0 Å². The van der Waals surface area contributed by atoms with Crippen LogP contribution in [0.15, 0.2) is 97.5 Å². The van der Waals surface area contributed by atoms with Crippen LogP contribution in [-0.2, 0) is 0 Å². The van der Waals surface area contributed by atoms with Crippen LogP contribution in [-0.4, -0.2) is 12.4 Å². The third-order valence-corrected chi connectivity index (χ3v) is 8.03. The highest BCUT2D eigenvalue weighted by atomic mass is 35.5. The summed E-state index contributed by atoms with van der Waals surface area (Å²) in [5, 5.41) is 2.25. The van der Waals surface area contributed by atoms with Crippen molar-refractivity contribution in [1.29, 1.82) is 0 Å². The normalized spacial score (nSPS) is 11.6. The van der Waals surface area contributed by atoms with Crippen molar-refractivity contribution in [2.75, 3.05) is 0 Å². The molecule has 0 aliphatic carbocycles. The Bertz CT molecular complexity index is 1350. The van der Waals surface area contributed by atoms with Gasteiger partial charge in [0.05, 0.1) is 26.4 Å². The Labute approximate surface area is 238 Å². The Balaban J connectivity index is 1.64. The minimum absolute atomic E-state index is 0.375. The van der Waals surface area contributed by atoms with Crippen molar-refractivity contribution in [3.63, 3.8) is 0 Å². The Morgan fingerprint density at radius 1 is 0.629 bits per heavy atom. The molecule has 0 unspecified atom stereocenters. The lowest BCUT2D eigenvalue weighted by molar-refractivity contribution is 1.33. The first kappa shape index (κ1) is 26.4. The van der Waals surface area contributed by atoms with E-state index in [9.17, 15) is 0 Å². The summed E-state index contributed by atoms with van der Waals surface area (Å²) in [7, 11) is 0. The summed E-state index contributed by atoms with van der Waals surface area (Å²) in [4.78, 5) is 11.8. The maximum absolute atomic E-state index is 6.31. The molecule has 0 amide bonds. The predicted octanol–water partition coefficient (Wildman–Crippen LogP) is 10.9. The molecule has 35 heavy (non-hydrogen) atoms. The highest BCUT2D eigenvalue weighted by Gasteiger charge is 2.09. The number of nitrogens with zero attached hydrogens (tertiary/aromatic N) is 2. The second-order valence-electron chi connectivity index (χ2n) is 7.17. The number of thiol groups is 1. The number of benzene rings is 4. The zero-order valence-corrected chi connectivity index (χ0v) is 23.2. The van der Waals surface area contributed by atoms with Gasteiger partial charge in [-0.2, -0.15) is 0 Å². The van der Waals surface area contributed by atoms with Crippen molar-refractivity contribution in [1.82, 2.24) is 0 Å². The molecule has 0 aromatic heterocycles. The van der Waals surface area contributed by atoms with Gasteiger partial charge in [0.15, 0.2) is 0 Å². The van der Waals surface area contributed by atoms with Gasteiger partial charge in [-0.1, -0.05) is 94.0 Å². The fourth-order valence-corrected chi connectivity index (χ4v) is 5.39. The Kier molecular flexibility index (Phi) is 9.12. The van der Waals surface area contributed by atoms with Crippen LogP contribution in [0.1, 0.15) is 11.1 Å². The van der Waals surface area contributed by atoms with Crippen LogP contribution in [0.4, 0.5) is 11.4 Å². The Morgan fingerprint density at radius 3 is 1.71 bits per heavy atom. The molecule has 0 fully saturated rings. The van der Waals surface area contributed by atoms with E-state index in [0.717, 1.165) is 26.7 Å². The first-order valence-corrected chi connectivity index (χ1v) is 13.2. The zero-order chi connectivity index (χ0) is 24.9. The smallest absolute Gasteiger partial charge is 0.0769 e. The van der Waals surface area contributed by atoms with Crippen molar-refractivity contribution in [2.24, 2.45) is 9.98 Å². The molecule has 9 heteroatoms. The van der Waals surface area contributed by atoms with E-state index in [1.165, 1.54) is 0 Å². The molecule has 0 N–H and O–H groups in total. The molecule has 176 valence electrons. The van der Waals surface area contributed by atoms with E-state index in [2.05, 4.69) is 22.6 Å². The topological polar surface area (TPSA) is 24.7 Å². The number of aliphatic imine (C=N–C) groups is 2. The van der Waals surface area contributed by atoms with Gasteiger partial charge in [0.25, 0.3) is 0 Å². The highest BCUT2D eigenvalue weighted by Crippen LogP contribution is 2.40. The van der Waals surface area contributed by atoms with E-state index >= 15 is 0 Å².